The summed E-state index contributed by atoms with van der Waals surface area (Å²) >= 11 is 0. The summed E-state index contributed by atoms with van der Waals surface area (Å²) in [5.41, 5.74) is 5.51. The molecule has 0 amide bonds. The van der Waals surface area contributed by atoms with Gasteiger partial charge in [-0.05, 0) is 65.8 Å². The van der Waals surface area contributed by atoms with Gasteiger partial charge in [-0.25, -0.2) is 0 Å². The van der Waals surface area contributed by atoms with E-state index in [4.69, 9.17) is 9.84 Å². The molecule has 0 heterocycles. The van der Waals surface area contributed by atoms with E-state index in [1.54, 1.807) is 0 Å². The fourth-order valence-electron chi connectivity index (χ4n) is 3.47. The van der Waals surface area contributed by atoms with Gasteiger partial charge in [-0.2, -0.15) is 0 Å². The van der Waals surface area contributed by atoms with E-state index in [9.17, 15) is 9.59 Å². The van der Waals surface area contributed by atoms with Gasteiger partial charge < -0.3 is 9.84 Å². The highest BCUT2D eigenvalue weighted by atomic mass is 16.5. The molecule has 0 fully saturated rings. The van der Waals surface area contributed by atoms with Crippen molar-refractivity contribution in [3.63, 3.8) is 0 Å². The Labute approximate surface area is 171 Å². The standard InChI is InChI=1S/C25H26O4/c1-2-19(10-15-25(27)28)20-8-13-24(14-9-20)29-17-18-4-3-5-22(16-18)21-6-11-23(26)12-7-21/h2-6,8-9,13-14,16H,7,10-12,15,17H2,1H3,(H,27,28). The fraction of sp³-hybridized carbons (Fsp3) is 0.280. The van der Waals surface area contributed by atoms with Crippen molar-refractivity contribution in [3.8, 4) is 5.75 Å². The van der Waals surface area contributed by atoms with Crippen LogP contribution in [0.25, 0.3) is 11.1 Å². The third-order valence-corrected chi connectivity index (χ3v) is 5.13. The van der Waals surface area contributed by atoms with Crippen LogP contribution >= 0.6 is 0 Å². The molecule has 0 bridgehead atoms. The quantitative estimate of drug-likeness (QED) is 0.631. The summed E-state index contributed by atoms with van der Waals surface area (Å²) in [7, 11) is 0. The summed E-state index contributed by atoms with van der Waals surface area (Å²) in [5, 5.41) is 8.88. The number of carbonyl (C=O) groups is 2. The Morgan fingerprint density at radius 1 is 1.10 bits per heavy atom. The van der Waals surface area contributed by atoms with Crippen LogP contribution in [0.15, 0.2) is 60.7 Å². The zero-order valence-electron chi connectivity index (χ0n) is 16.7. The van der Waals surface area contributed by atoms with Crippen molar-refractivity contribution >= 4 is 22.9 Å². The molecule has 4 heteroatoms. The number of carbonyl (C=O) groups excluding carboxylic acids is 1. The highest BCUT2D eigenvalue weighted by Gasteiger charge is 2.12. The molecule has 0 aromatic heterocycles. The van der Waals surface area contributed by atoms with Crippen molar-refractivity contribution in [1.29, 1.82) is 0 Å². The zero-order valence-corrected chi connectivity index (χ0v) is 16.7. The van der Waals surface area contributed by atoms with Crippen molar-refractivity contribution in [1.82, 2.24) is 0 Å². The van der Waals surface area contributed by atoms with E-state index in [1.165, 1.54) is 5.57 Å². The topological polar surface area (TPSA) is 63.6 Å². The van der Waals surface area contributed by atoms with Crippen LogP contribution in [0.2, 0.25) is 0 Å². The number of ketones is 1. The highest BCUT2D eigenvalue weighted by molar-refractivity contribution is 5.86. The lowest BCUT2D eigenvalue weighted by molar-refractivity contribution is -0.136. The van der Waals surface area contributed by atoms with E-state index in [2.05, 4.69) is 12.1 Å². The molecule has 2 aromatic rings. The zero-order chi connectivity index (χ0) is 20.6. The van der Waals surface area contributed by atoms with E-state index in [0.29, 0.717) is 31.7 Å². The SMILES string of the molecule is CC=C(CCC(=O)O)c1ccc(OCc2cccc(C3=CCC(=O)CC3)c2)cc1. The number of ether oxygens (including phenoxy) is 1. The van der Waals surface area contributed by atoms with Gasteiger partial charge >= 0.3 is 5.97 Å². The van der Waals surface area contributed by atoms with E-state index < -0.39 is 5.97 Å². The van der Waals surface area contributed by atoms with Crippen LogP contribution in [0.3, 0.4) is 0 Å². The molecule has 0 saturated carbocycles. The number of carboxylic acids is 1. The number of carboxylic acid groups (broad SMARTS) is 1. The fourth-order valence-corrected chi connectivity index (χ4v) is 3.47. The normalized spacial score (nSPS) is 14.4. The van der Waals surface area contributed by atoms with Crippen LogP contribution in [0.1, 0.15) is 55.7 Å². The summed E-state index contributed by atoms with van der Waals surface area (Å²) in [6, 6.07) is 16.0. The Bertz CT molecular complexity index is 936. The molecule has 4 nitrogen and oxygen atoms in total. The number of hydrogen-bond donors (Lipinski definition) is 1. The second-order valence-electron chi connectivity index (χ2n) is 7.19. The van der Waals surface area contributed by atoms with Crippen molar-refractivity contribution < 1.29 is 19.4 Å². The molecule has 0 atom stereocenters. The maximum absolute atomic E-state index is 11.4. The van der Waals surface area contributed by atoms with Gasteiger partial charge in [0.1, 0.15) is 18.1 Å². The number of aliphatic carboxylic acids is 1. The van der Waals surface area contributed by atoms with Gasteiger partial charge in [0, 0.05) is 19.3 Å². The van der Waals surface area contributed by atoms with E-state index in [0.717, 1.165) is 34.4 Å². The molecular formula is C25H26O4. The highest BCUT2D eigenvalue weighted by Crippen LogP contribution is 2.27. The maximum atomic E-state index is 11.4. The molecule has 1 aliphatic rings. The molecule has 0 spiro atoms. The minimum atomic E-state index is -0.790. The molecule has 0 radical (unpaired) electrons. The molecule has 150 valence electrons. The van der Waals surface area contributed by atoms with E-state index in [-0.39, 0.29) is 6.42 Å². The Morgan fingerprint density at radius 3 is 2.55 bits per heavy atom. The summed E-state index contributed by atoms with van der Waals surface area (Å²) < 4.78 is 5.93. The summed E-state index contributed by atoms with van der Waals surface area (Å²) in [6.07, 6.45) is 6.59. The van der Waals surface area contributed by atoms with Gasteiger partial charge in [-0.15, -0.1) is 0 Å². The summed E-state index contributed by atoms with van der Waals surface area (Å²) in [6.45, 7) is 2.39. The van der Waals surface area contributed by atoms with Gasteiger partial charge in [0.2, 0.25) is 0 Å². The van der Waals surface area contributed by atoms with E-state index in [1.807, 2.05) is 55.5 Å². The molecule has 0 saturated heterocycles. The predicted molar refractivity (Wildman–Crippen MR) is 115 cm³/mol. The average molecular weight is 390 g/mol. The summed E-state index contributed by atoms with van der Waals surface area (Å²) in [4.78, 5) is 22.2. The smallest absolute Gasteiger partial charge is 0.303 e. The number of hydrogen-bond acceptors (Lipinski definition) is 3. The van der Waals surface area contributed by atoms with Crippen molar-refractivity contribution in [2.75, 3.05) is 0 Å². The molecule has 3 rings (SSSR count). The minimum absolute atomic E-state index is 0.124. The molecule has 1 aliphatic carbocycles. The number of Topliss-reactive ketones (excluding diaryl/α,β-unsaturated/α-hetero) is 1. The Hall–Kier alpha value is -3.14. The first-order valence-corrected chi connectivity index (χ1v) is 9.95. The molecular weight excluding hydrogens is 364 g/mol. The number of benzene rings is 2. The van der Waals surface area contributed by atoms with Crippen LogP contribution in [-0.2, 0) is 16.2 Å². The first-order valence-electron chi connectivity index (χ1n) is 9.95. The number of allylic oxidation sites excluding steroid dienone is 4. The van der Waals surface area contributed by atoms with Gasteiger partial charge in [0.05, 0.1) is 0 Å². The lowest BCUT2D eigenvalue weighted by atomic mass is 9.92. The predicted octanol–water partition coefficient (Wildman–Crippen LogP) is 5.67. The Balaban J connectivity index is 1.61. The molecule has 2 aromatic carbocycles. The van der Waals surface area contributed by atoms with Crippen molar-refractivity contribution in [3.05, 3.63) is 77.4 Å². The first kappa shape index (κ1) is 20.6. The lowest BCUT2D eigenvalue weighted by Crippen LogP contribution is -2.03. The number of rotatable bonds is 8. The largest absolute Gasteiger partial charge is 0.489 e. The first-order chi connectivity index (χ1) is 14.0. The van der Waals surface area contributed by atoms with Crippen molar-refractivity contribution in [2.45, 2.75) is 45.6 Å². The molecule has 0 unspecified atom stereocenters. The third-order valence-electron chi connectivity index (χ3n) is 5.13. The average Bonchev–Trinajstić information content (AvgIpc) is 2.74. The second kappa shape index (κ2) is 9.87. The van der Waals surface area contributed by atoms with Gasteiger partial charge in [-0.3, -0.25) is 9.59 Å². The van der Waals surface area contributed by atoms with E-state index >= 15 is 0 Å². The van der Waals surface area contributed by atoms with Crippen LogP contribution in [0.4, 0.5) is 0 Å². The van der Waals surface area contributed by atoms with Crippen LogP contribution in [0, 0.1) is 0 Å². The monoisotopic (exact) mass is 390 g/mol. The Morgan fingerprint density at radius 2 is 1.90 bits per heavy atom. The molecule has 0 aliphatic heterocycles. The maximum Gasteiger partial charge on any atom is 0.303 e. The minimum Gasteiger partial charge on any atom is -0.489 e. The summed E-state index contributed by atoms with van der Waals surface area (Å²) in [5.74, 6) is 0.290. The molecule has 1 N–H and O–H groups in total. The van der Waals surface area contributed by atoms with Crippen LogP contribution in [0.5, 0.6) is 5.75 Å². The van der Waals surface area contributed by atoms with Gasteiger partial charge in [0.15, 0.2) is 0 Å². The lowest BCUT2D eigenvalue weighted by Gasteiger charge is -2.14. The van der Waals surface area contributed by atoms with Crippen molar-refractivity contribution in [2.24, 2.45) is 0 Å². The third kappa shape index (κ3) is 5.92. The second-order valence-corrected chi connectivity index (χ2v) is 7.19. The molecule has 29 heavy (non-hydrogen) atoms. The van der Waals surface area contributed by atoms with Gasteiger partial charge in [-0.1, -0.05) is 42.5 Å². The van der Waals surface area contributed by atoms with Gasteiger partial charge in [0.25, 0.3) is 0 Å². The Kier molecular flexibility index (Phi) is 7.01. The van der Waals surface area contributed by atoms with Crippen LogP contribution in [-0.4, -0.2) is 16.9 Å². The van der Waals surface area contributed by atoms with Crippen LogP contribution < -0.4 is 4.74 Å².